The molecule has 0 saturated carbocycles. The van der Waals surface area contributed by atoms with Gasteiger partial charge < -0.3 is 10.7 Å². The second-order valence-electron chi connectivity index (χ2n) is 4.16. The molecule has 0 aliphatic heterocycles. The maximum Gasteiger partial charge on any atom is 0.256 e. The number of hydrogen-bond acceptors (Lipinski definition) is 5. The molecule has 0 aliphatic rings. The average molecular weight is 272 g/mol. The first-order valence-corrected chi connectivity index (χ1v) is 6.79. The van der Waals surface area contributed by atoms with Crippen molar-refractivity contribution < 1.29 is 0 Å². The van der Waals surface area contributed by atoms with Crippen molar-refractivity contribution in [2.75, 3.05) is 5.73 Å². The first-order valence-electron chi connectivity index (χ1n) is 5.91. The molecule has 5 nitrogen and oxygen atoms in total. The van der Waals surface area contributed by atoms with Gasteiger partial charge in [0.2, 0.25) is 0 Å². The van der Waals surface area contributed by atoms with Crippen molar-refractivity contribution in [1.82, 2.24) is 15.0 Å². The van der Waals surface area contributed by atoms with Crippen LogP contribution in [0.25, 0.3) is 21.6 Å². The Morgan fingerprint density at radius 2 is 2.32 bits per heavy atom. The highest BCUT2D eigenvalue weighted by atomic mass is 32.1. The first-order chi connectivity index (χ1) is 9.19. The molecule has 6 heteroatoms. The molecular weight excluding hydrogens is 260 g/mol. The number of nitrogens with one attached hydrogen (secondary N) is 1. The van der Waals surface area contributed by atoms with Gasteiger partial charge in [-0.3, -0.25) is 9.78 Å². The molecule has 0 aromatic carbocycles. The molecule has 0 fully saturated rings. The molecule has 3 N–H and O–H groups in total. The normalized spacial score (nSPS) is 11.0. The zero-order valence-corrected chi connectivity index (χ0v) is 11.1. The summed E-state index contributed by atoms with van der Waals surface area (Å²) in [4.78, 5) is 23.2. The summed E-state index contributed by atoms with van der Waals surface area (Å²) in [6.07, 6.45) is 2.26. The summed E-state index contributed by atoms with van der Waals surface area (Å²) >= 11 is 1.60. The van der Waals surface area contributed by atoms with Gasteiger partial charge in [-0.05, 0) is 23.9 Å². The smallest absolute Gasteiger partial charge is 0.256 e. The van der Waals surface area contributed by atoms with E-state index >= 15 is 0 Å². The second kappa shape index (κ2) is 4.47. The molecule has 0 saturated heterocycles. The highest BCUT2D eigenvalue weighted by Crippen LogP contribution is 2.24. The number of rotatable bonds is 2. The number of H-pyrrole nitrogens is 1. The Balaban J connectivity index is 2.18. The van der Waals surface area contributed by atoms with Crippen molar-refractivity contribution >= 4 is 27.4 Å². The van der Waals surface area contributed by atoms with Crippen molar-refractivity contribution in [2.45, 2.75) is 13.3 Å². The Morgan fingerprint density at radius 1 is 1.47 bits per heavy atom. The van der Waals surface area contributed by atoms with Crippen LogP contribution in [0.4, 0.5) is 5.82 Å². The van der Waals surface area contributed by atoms with Crippen molar-refractivity contribution in [3.63, 3.8) is 0 Å². The Morgan fingerprint density at radius 3 is 3.05 bits per heavy atom. The maximum atomic E-state index is 11.9. The van der Waals surface area contributed by atoms with Gasteiger partial charge in [-0.1, -0.05) is 6.92 Å². The van der Waals surface area contributed by atoms with Crippen molar-refractivity contribution in [3.8, 4) is 11.4 Å². The van der Waals surface area contributed by atoms with E-state index in [-0.39, 0.29) is 11.4 Å². The van der Waals surface area contributed by atoms with Gasteiger partial charge >= 0.3 is 0 Å². The fourth-order valence-corrected chi connectivity index (χ4v) is 2.75. The van der Waals surface area contributed by atoms with Gasteiger partial charge in [0, 0.05) is 11.8 Å². The number of pyridine rings is 1. The van der Waals surface area contributed by atoms with Gasteiger partial charge in [0.25, 0.3) is 5.56 Å². The van der Waals surface area contributed by atoms with Crippen LogP contribution < -0.4 is 11.3 Å². The molecule has 3 heterocycles. The summed E-state index contributed by atoms with van der Waals surface area (Å²) in [5.74, 6) is 0.745. The minimum Gasteiger partial charge on any atom is -0.383 e. The molecule has 3 aromatic heterocycles. The Labute approximate surface area is 113 Å². The Bertz CT molecular complexity index is 806. The van der Waals surface area contributed by atoms with E-state index < -0.39 is 0 Å². The van der Waals surface area contributed by atoms with Crippen LogP contribution in [-0.4, -0.2) is 15.0 Å². The number of fused-ring (bicyclic) bond motifs is 1. The highest BCUT2D eigenvalue weighted by Gasteiger charge is 2.09. The van der Waals surface area contributed by atoms with E-state index in [0.717, 1.165) is 15.8 Å². The molecule has 3 aromatic rings. The third-order valence-corrected chi connectivity index (χ3v) is 3.83. The summed E-state index contributed by atoms with van der Waals surface area (Å²) < 4.78 is 1.05. The Kier molecular flexibility index (Phi) is 2.79. The number of thiophene rings is 1. The lowest BCUT2D eigenvalue weighted by Gasteiger charge is -2.05. The predicted molar refractivity (Wildman–Crippen MR) is 77.3 cm³/mol. The van der Waals surface area contributed by atoms with Crippen LogP contribution in [-0.2, 0) is 6.42 Å². The number of aromatic amines is 1. The van der Waals surface area contributed by atoms with E-state index in [2.05, 4.69) is 15.0 Å². The van der Waals surface area contributed by atoms with E-state index in [1.54, 1.807) is 17.5 Å². The number of nitrogens with zero attached hydrogens (tertiary/aromatic N) is 2. The molecule has 96 valence electrons. The molecular formula is C13H12N4OS. The third-order valence-electron chi connectivity index (χ3n) is 2.98. The molecule has 3 rings (SSSR count). The standard InChI is InChI=1S/C13H12N4OS/c1-2-8-11(14)16-12(17-13(8)18)7-5-10-9(15-6-7)3-4-19-10/h3-6H,2H2,1H3,(H3,14,16,17,18). The molecule has 0 spiro atoms. The summed E-state index contributed by atoms with van der Waals surface area (Å²) in [6.45, 7) is 1.88. The fourth-order valence-electron chi connectivity index (χ4n) is 1.97. The van der Waals surface area contributed by atoms with Gasteiger partial charge in [-0.25, -0.2) is 4.98 Å². The summed E-state index contributed by atoms with van der Waals surface area (Å²) in [7, 11) is 0. The van der Waals surface area contributed by atoms with Gasteiger partial charge in [0.1, 0.15) is 11.6 Å². The van der Waals surface area contributed by atoms with Crippen LogP contribution >= 0.6 is 11.3 Å². The van der Waals surface area contributed by atoms with Crippen LogP contribution in [0.1, 0.15) is 12.5 Å². The van der Waals surface area contributed by atoms with Crippen LogP contribution in [0.5, 0.6) is 0 Å². The van der Waals surface area contributed by atoms with E-state index in [1.165, 1.54) is 0 Å². The van der Waals surface area contributed by atoms with Gasteiger partial charge in [0.15, 0.2) is 0 Å². The van der Waals surface area contributed by atoms with Crippen LogP contribution in [0.2, 0.25) is 0 Å². The van der Waals surface area contributed by atoms with E-state index in [0.29, 0.717) is 17.8 Å². The summed E-state index contributed by atoms with van der Waals surface area (Å²) in [6, 6.07) is 3.91. The fraction of sp³-hybridized carbons (Fsp3) is 0.154. The maximum absolute atomic E-state index is 11.9. The lowest BCUT2D eigenvalue weighted by molar-refractivity contribution is 1.02. The van der Waals surface area contributed by atoms with Crippen LogP contribution in [0.15, 0.2) is 28.5 Å². The van der Waals surface area contributed by atoms with Crippen molar-refractivity contribution in [3.05, 3.63) is 39.6 Å². The van der Waals surface area contributed by atoms with Crippen LogP contribution in [0.3, 0.4) is 0 Å². The summed E-state index contributed by atoms with van der Waals surface area (Å²) in [5.41, 5.74) is 7.86. The van der Waals surface area contributed by atoms with Gasteiger partial charge in [-0.15, -0.1) is 11.3 Å². The third kappa shape index (κ3) is 2.00. The molecule has 0 amide bonds. The van der Waals surface area contributed by atoms with E-state index in [1.807, 2.05) is 24.4 Å². The van der Waals surface area contributed by atoms with Gasteiger partial charge in [0.05, 0.1) is 15.8 Å². The topological polar surface area (TPSA) is 84.7 Å². The van der Waals surface area contributed by atoms with Crippen LogP contribution in [0, 0.1) is 0 Å². The molecule has 0 radical (unpaired) electrons. The number of nitrogens with two attached hydrogens (primary N) is 1. The van der Waals surface area contributed by atoms with E-state index in [4.69, 9.17) is 5.73 Å². The summed E-state index contributed by atoms with van der Waals surface area (Å²) in [5, 5.41) is 1.98. The SMILES string of the molecule is CCc1c(N)nc(-c2cnc3ccsc3c2)[nH]c1=O. The highest BCUT2D eigenvalue weighted by molar-refractivity contribution is 7.17. The predicted octanol–water partition coefficient (Wildman–Crippen LogP) is 2.19. The zero-order chi connectivity index (χ0) is 13.4. The van der Waals surface area contributed by atoms with E-state index in [9.17, 15) is 4.79 Å². The minimum atomic E-state index is -0.184. The number of anilines is 1. The number of aromatic nitrogens is 3. The molecule has 0 aliphatic carbocycles. The first kappa shape index (κ1) is 11.9. The molecule has 0 unspecified atom stereocenters. The number of nitrogen functional groups attached to an aromatic ring is 1. The molecule has 0 atom stereocenters. The van der Waals surface area contributed by atoms with Gasteiger partial charge in [-0.2, -0.15) is 0 Å². The monoisotopic (exact) mass is 272 g/mol. The average Bonchev–Trinajstić information content (AvgIpc) is 2.85. The molecule has 19 heavy (non-hydrogen) atoms. The zero-order valence-electron chi connectivity index (χ0n) is 10.3. The number of hydrogen-bond donors (Lipinski definition) is 2. The second-order valence-corrected chi connectivity index (χ2v) is 5.11. The van der Waals surface area contributed by atoms with Crippen molar-refractivity contribution in [2.24, 2.45) is 0 Å². The van der Waals surface area contributed by atoms with Crippen molar-refractivity contribution in [1.29, 1.82) is 0 Å². The quantitative estimate of drug-likeness (QED) is 0.749. The largest absolute Gasteiger partial charge is 0.383 e. The Hall–Kier alpha value is -2.21. The molecule has 0 bridgehead atoms. The lowest BCUT2D eigenvalue weighted by Crippen LogP contribution is -2.17. The lowest BCUT2D eigenvalue weighted by atomic mass is 10.2. The minimum absolute atomic E-state index is 0.184.